The van der Waals surface area contributed by atoms with E-state index >= 15 is 0 Å². The topological polar surface area (TPSA) is 70.7 Å². The number of likely N-dealkylation sites (tertiary alicyclic amines) is 1. The van der Waals surface area contributed by atoms with Crippen LogP contribution in [0.4, 0.5) is 4.79 Å². The van der Waals surface area contributed by atoms with Crippen LogP contribution in [-0.2, 0) is 9.53 Å². The molecule has 2 rings (SSSR count). The number of piperidine rings is 1. The SMILES string of the molecule is CC(C)(C)OC(=O)N1CCC[C@@]2(CC(=O)NN2)C1. The van der Waals surface area contributed by atoms with Gasteiger partial charge in [-0.3, -0.25) is 10.2 Å². The molecule has 2 saturated heterocycles. The van der Waals surface area contributed by atoms with Gasteiger partial charge in [0.05, 0.1) is 5.54 Å². The second-order valence-corrected chi connectivity index (χ2v) is 6.14. The average Bonchev–Trinajstić information content (AvgIpc) is 2.57. The van der Waals surface area contributed by atoms with Crippen LogP contribution in [0.25, 0.3) is 0 Å². The van der Waals surface area contributed by atoms with E-state index in [0.717, 1.165) is 12.8 Å². The van der Waals surface area contributed by atoms with E-state index in [0.29, 0.717) is 19.5 Å². The van der Waals surface area contributed by atoms with Crippen LogP contribution in [0.1, 0.15) is 40.0 Å². The lowest BCUT2D eigenvalue weighted by atomic mass is 9.88. The minimum Gasteiger partial charge on any atom is -0.444 e. The molecule has 18 heavy (non-hydrogen) atoms. The molecule has 102 valence electrons. The van der Waals surface area contributed by atoms with Crippen molar-refractivity contribution in [2.45, 2.75) is 51.2 Å². The number of hydrogen-bond donors (Lipinski definition) is 2. The van der Waals surface area contributed by atoms with Crippen LogP contribution in [0.3, 0.4) is 0 Å². The minimum absolute atomic E-state index is 0.0129. The molecular weight excluding hydrogens is 234 g/mol. The van der Waals surface area contributed by atoms with Crippen molar-refractivity contribution >= 4 is 12.0 Å². The Kier molecular flexibility index (Phi) is 3.23. The van der Waals surface area contributed by atoms with Gasteiger partial charge in [-0.25, -0.2) is 10.2 Å². The fraction of sp³-hybridized carbons (Fsp3) is 0.833. The molecule has 2 fully saturated rings. The van der Waals surface area contributed by atoms with E-state index in [9.17, 15) is 9.59 Å². The van der Waals surface area contributed by atoms with Gasteiger partial charge in [-0.05, 0) is 33.6 Å². The number of nitrogens with one attached hydrogen (secondary N) is 2. The summed E-state index contributed by atoms with van der Waals surface area (Å²) in [6, 6.07) is 0. The summed E-state index contributed by atoms with van der Waals surface area (Å²) in [5.41, 5.74) is 4.84. The van der Waals surface area contributed by atoms with E-state index < -0.39 is 5.60 Å². The Morgan fingerprint density at radius 1 is 1.44 bits per heavy atom. The monoisotopic (exact) mass is 255 g/mol. The number of rotatable bonds is 0. The second-order valence-electron chi connectivity index (χ2n) is 6.14. The highest BCUT2D eigenvalue weighted by molar-refractivity contribution is 5.79. The molecular formula is C12H21N3O3. The minimum atomic E-state index is -0.487. The number of carbonyl (C=O) groups is 2. The van der Waals surface area contributed by atoms with Crippen LogP contribution < -0.4 is 10.9 Å². The first-order chi connectivity index (χ1) is 8.30. The zero-order valence-corrected chi connectivity index (χ0v) is 11.2. The van der Waals surface area contributed by atoms with Crippen molar-refractivity contribution in [3.8, 4) is 0 Å². The number of carbonyl (C=O) groups excluding carboxylic acids is 2. The molecule has 6 nitrogen and oxygen atoms in total. The molecule has 0 radical (unpaired) electrons. The molecule has 2 N–H and O–H groups in total. The Morgan fingerprint density at radius 2 is 2.17 bits per heavy atom. The third-order valence-corrected chi connectivity index (χ3v) is 3.19. The molecule has 0 aromatic heterocycles. The van der Waals surface area contributed by atoms with Gasteiger partial charge < -0.3 is 9.64 Å². The molecule has 1 atom stereocenters. The highest BCUT2D eigenvalue weighted by Gasteiger charge is 2.43. The van der Waals surface area contributed by atoms with Gasteiger partial charge in [0.25, 0.3) is 0 Å². The highest BCUT2D eigenvalue weighted by atomic mass is 16.6. The molecule has 0 aliphatic carbocycles. The van der Waals surface area contributed by atoms with Crippen molar-refractivity contribution in [3.05, 3.63) is 0 Å². The first-order valence-electron chi connectivity index (χ1n) is 6.34. The van der Waals surface area contributed by atoms with E-state index in [4.69, 9.17) is 4.74 Å². The first-order valence-corrected chi connectivity index (χ1v) is 6.34. The van der Waals surface area contributed by atoms with Gasteiger partial charge in [0, 0.05) is 19.5 Å². The number of hydrogen-bond acceptors (Lipinski definition) is 4. The summed E-state index contributed by atoms with van der Waals surface area (Å²) < 4.78 is 5.36. The second kappa shape index (κ2) is 4.42. The van der Waals surface area contributed by atoms with Gasteiger partial charge in [0.15, 0.2) is 0 Å². The van der Waals surface area contributed by atoms with E-state index in [-0.39, 0.29) is 17.5 Å². The predicted octanol–water partition coefficient (Wildman–Crippen LogP) is 0.781. The Labute approximate surface area is 107 Å². The predicted molar refractivity (Wildman–Crippen MR) is 65.7 cm³/mol. The lowest BCUT2D eigenvalue weighted by Crippen LogP contribution is -2.57. The maximum absolute atomic E-state index is 12.0. The smallest absolute Gasteiger partial charge is 0.410 e. The fourth-order valence-corrected chi connectivity index (χ4v) is 2.46. The Morgan fingerprint density at radius 3 is 2.72 bits per heavy atom. The highest BCUT2D eigenvalue weighted by Crippen LogP contribution is 2.27. The van der Waals surface area contributed by atoms with Crippen molar-refractivity contribution < 1.29 is 14.3 Å². The van der Waals surface area contributed by atoms with Crippen molar-refractivity contribution in [1.82, 2.24) is 15.8 Å². The van der Waals surface area contributed by atoms with Crippen LogP contribution in [0.5, 0.6) is 0 Å². The third-order valence-electron chi connectivity index (χ3n) is 3.19. The summed E-state index contributed by atoms with van der Waals surface area (Å²) in [4.78, 5) is 25.0. The molecule has 0 bridgehead atoms. The van der Waals surface area contributed by atoms with Gasteiger partial charge in [0.2, 0.25) is 5.91 Å². The zero-order valence-electron chi connectivity index (χ0n) is 11.2. The van der Waals surface area contributed by atoms with Crippen molar-refractivity contribution in [2.24, 2.45) is 0 Å². The number of nitrogens with zero attached hydrogens (tertiary/aromatic N) is 1. The summed E-state index contributed by atoms with van der Waals surface area (Å²) in [6.45, 7) is 6.75. The molecule has 0 unspecified atom stereocenters. The summed E-state index contributed by atoms with van der Waals surface area (Å²) in [5, 5.41) is 0. The maximum Gasteiger partial charge on any atom is 0.410 e. The van der Waals surface area contributed by atoms with Gasteiger partial charge in [-0.15, -0.1) is 0 Å². The van der Waals surface area contributed by atoms with Crippen molar-refractivity contribution in [2.75, 3.05) is 13.1 Å². The first kappa shape index (κ1) is 13.1. The summed E-state index contributed by atoms with van der Waals surface area (Å²) >= 11 is 0. The van der Waals surface area contributed by atoms with Gasteiger partial charge in [-0.2, -0.15) is 0 Å². The average molecular weight is 255 g/mol. The Bertz CT molecular complexity index is 364. The van der Waals surface area contributed by atoms with Crippen LogP contribution >= 0.6 is 0 Å². The Balaban J connectivity index is 1.99. The maximum atomic E-state index is 12.0. The number of amides is 2. The molecule has 1 spiro atoms. The van der Waals surface area contributed by atoms with Gasteiger partial charge >= 0.3 is 6.09 Å². The largest absolute Gasteiger partial charge is 0.444 e. The van der Waals surface area contributed by atoms with Crippen LogP contribution in [0, 0.1) is 0 Å². The number of ether oxygens (including phenoxy) is 1. The van der Waals surface area contributed by atoms with E-state index in [1.807, 2.05) is 20.8 Å². The van der Waals surface area contributed by atoms with Crippen molar-refractivity contribution in [3.63, 3.8) is 0 Å². The molecule has 2 aliphatic rings. The molecule has 2 aliphatic heterocycles. The van der Waals surface area contributed by atoms with Crippen molar-refractivity contribution in [1.29, 1.82) is 0 Å². The Hall–Kier alpha value is -1.30. The summed E-state index contributed by atoms with van der Waals surface area (Å²) in [6.07, 6.45) is 1.89. The number of hydrazine groups is 1. The fourth-order valence-electron chi connectivity index (χ4n) is 2.46. The standard InChI is InChI=1S/C12H21N3O3/c1-11(2,3)18-10(17)15-6-4-5-12(8-15)7-9(16)13-14-12/h14H,4-8H2,1-3H3,(H,13,16)/t12-/m1/s1. The van der Waals surface area contributed by atoms with E-state index in [1.165, 1.54) is 0 Å². The van der Waals surface area contributed by atoms with Crippen LogP contribution in [0.15, 0.2) is 0 Å². The molecule has 0 saturated carbocycles. The normalized spacial score (nSPS) is 28.4. The van der Waals surface area contributed by atoms with Crippen LogP contribution in [0.2, 0.25) is 0 Å². The van der Waals surface area contributed by atoms with Gasteiger partial charge in [0.1, 0.15) is 5.60 Å². The van der Waals surface area contributed by atoms with E-state index in [2.05, 4.69) is 10.9 Å². The van der Waals surface area contributed by atoms with Crippen LogP contribution in [-0.4, -0.2) is 41.1 Å². The molecule has 2 heterocycles. The molecule has 0 aromatic carbocycles. The lowest BCUT2D eigenvalue weighted by Gasteiger charge is -2.39. The summed E-state index contributed by atoms with van der Waals surface area (Å²) in [7, 11) is 0. The molecule has 2 amide bonds. The molecule has 0 aromatic rings. The summed E-state index contributed by atoms with van der Waals surface area (Å²) in [5.74, 6) is -0.0129. The zero-order chi connectivity index (χ0) is 13.4. The van der Waals surface area contributed by atoms with E-state index in [1.54, 1.807) is 4.90 Å². The lowest BCUT2D eigenvalue weighted by molar-refractivity contribution is -0.119. The quantitative estimate of drug-likeness (QED) is 0.671. The third kappa shape index (κ3) is 2.93. The molecule has 6 heteroatoms. The van der Waals surface area contributed by atoms with Gasteiger partial charge in [-0.1, -0.05) is 0 Å².